The predicted octanol–water partition coefficient (Wildman–Crippen LogP) is 0.161. The molecule has 1 aromatic rings. The molecule has 3 N–H and O–H groups in total. The van der Waals surface area contributed by atoms with Crippen molar-refractivity contribution in [2.24, 2.45) is 5.92 Å². The first-order chi connectivity index (χ1) is 8.95. The summed E-state index contributed by atoms with van der Waals surface area (Å²) >= 11 is 1.13. The molecule has 0 saturated carbocycles. The molecule has 1 amide bonds. The van der Waals surface area contributed by atoms with E-state index in [1.165, 1.54) is 6.07 Å². The van der Waals surface area contributed by atoms with Crippen molar-refractivity contribution >= 4 is 27.3 Å². The van der Waals surface area contributed by atoms with Crippen molar-refractivity contribution in [3.05, 3.63) is 17.5 Å². The Morgan fingerprint density at radius 1 is 1.53 bits per heavy atom. The summed E-state index contributed by atoms with van der Waals surface area (Å²) in [5.74, 6) is -0.249. The van der Waals surface area contributed by atoms with Crippen LogP contribution in [0.3, 0.4) is 0 Å². The summed E-state index contributed by atoms with van der Waals surface area (Å²) in [5.41, 5.74) is 0. The lowest BCUT2D eigenvalue weighted by Crippen LogP contribution is -2.33. The van der Waals surface area contributed by atoms with Crippen LogP contribution >= 0.6 is 11.3 Å². The Morgan fingerprint density at radius 3 is 2.84 bits per heavy atom. The van der Waals surface area contributed by atoms with Crippen LogP contribution in [-0.2, 0) is 14.8 Å². The van der Waals surface area contributed by atoms with Crippen LogP contribution in [0.5, 0.6) is 0 Å². The fraction of sp³-hybridized carbons (Fsp3) is 0.545. The van der Waals surface area contributed by atoms with E-state index in [1.54, 1.807) is 18.4 Å². The van der Waals surface area contributed by atoms with Crippen molar-refractivity contribution in [2.45, 2.75) is 17.6 Å². The van der Waals surface area contributed by atoms with Gasteiger partial charge in [0.2, 0.25) is 15.9 Å². The second kappa shape index (κ2) is 7.59. The first-order valence-corrected chi connectivity index (χ1v) is 8.22. The highest BCUT2D eigenvalue weighted by atomic mass is 32.2. The second-order valence-corrected chi connectivity index (χ2v) is 7.11. The lowest BCUT2D eigenvalue weighted by Gasteiger charge is -2.09. The maximum absolute atomic E-state index is 11.7. The Kier molecular flexibility index (Phi) is 6.43. The molecule has 0 bridgehead atoms. The second-order valence-electron chi connectivity index (χ2n) is 4.17. The lowest BCUT2D eigenvalue weighted by atomic mass is 10.2. The molecule has 1 unspecified atom stereocenters. The molecule has 1 aromatic heterocycles. The van der Waals surface area contributed by atoms with Gasteiger partial charge in [0.05, 0.1) is 0 Å². The number of sulfonamides is 1. The molecule has 0 radical (unpaired) electrons. The lowest BCUT2D eigenvalue weighted by molar-refractivity contribution is -0.121. The molecule has 0 fully saturated rings. The van der Waals surface area contributed by atoms with Crippen LogP contribution in [0, 0.1) is 5.92 Å². The summed E-state index contributed by atoms with van der Waals surface area (Å²) in [7, 11) is -3.50. The van der Waals surface area contributed by atoms with Crippen molar-refractivity contribution in [1.29, 1.82) is 0 Å². The third kappa shape index (κ3) is 5.68. The molecule has 8 heteroatoms. The number of amides is 1. The van der Waals surface area contributed by atoms with Gasteiger partial charge in [-0.15, -0.1) is 11.3 Å². The average Bonchev–Trinajstić information content (AvgIpc) is 2.90. The minimum Gasteiger partial charge on any atom is -0.396 e. The molecule has 6 nitrogen and oxygen atoms in total. The first-order valence-electron chi connectivity index (χ1n) is 5.86. The van der Waals surface area contributed by atoms with Gasteiger partial charge in [0.15, 0.2) is 0 Å². The number of thiophene rings is 1. The van der Waals surface area contributed by atoms with E-state index in [0.29, 0.717) is 6.54 Å². The maximum atomic E-state index is 11.7. The van der Waals surface area contributed by atoms with Crippen LogP contribution in [0.15, 0.2) is 21.7 Å². The number of carbonyl (C=O) groups excluding carboxylic acids is 1. The number of aliphatic hydroxyl groups excluding tert-OH is 1. The van der Waals surface area contributed by atoms with Crippen molar-refractivity contribution in [3.8, 4) is 0 Å². The summed E-state index contributed by atoms with van der Waals surface area (Å²) in [6.07, 6.45) is 0.0722. The van der Waals surface area contributed by atoms with E-state index in [4.69, 9.17) is 5.11 Å². The van der Waals surface area contributed by atoms with Crippen molar-refractivity contribution in [1.82, 2.24) is 10.0 Å². The molecule has 0 aliphatic rings. The topological polar surface area (TPSA) is 95.5 Å². The van der Waals surface area contributed by atoms with Gasteiger partial charge in [-0.05, 0) is 17.4 Å². The highest BCUT2D eigenvalue weighted by Crippen LogP contribution is 2.14. The van der Waals surface area contributed by atoms with Gasteiger partial charge in [-0.2, -0.15) is 0 Å². The minimum absolute atomic E-state index is 0.00525. The van der Waals surface area contributed by atoms with E-state index in [-0.39, 0.29) is 35.6 Å². The fourth-order valence-corrected chi connectivity index (χ4v) is 3.30. The van der Waals surface area contributed by atoms with Crippen molar-refractivity contribution in [3.63, 3.8) is 0 Å². The molecule has 0 saturated heterocycles. The molecule has 0 aliphatic carbocycles. The zero-order valence-corrected chi connectivity index (χ0v) is 12.3. The Balaban J connectivity index is 2.29. The SMILES string of the molecule is CC(CO)CNC(=O)CCNS(=O)(=O)c1cccs1. The summed E-state index contributed by atoms with van der Waals surface area (Å²) in [6, 6.07) is 3.16. The van der Waals surface area contributed by atoms with Gasteiger partial charge < -0.3 is 10.4 Å². The van der Waals surface area contributed by atoms with E-state index in [0.717, 1.165) is 11.3 Å². The molecule has 1 atom stereocenters. The van der Waals surface area contributed by atoms with Gasteiger partial charge in [0.25, 0.3) is 0 Å². The predicted molar refractivity (Wildman–Crippen MR) is 73.4 cm³/mol. The number of carbonyl (C=O) groups is 1. The van der Waals surface area contributed by atoms with Gasteiger partial charge in [0, 0.05) is 26.1 Å². The number of hydrogen-bond donors (Lipinski definition) is 3. The fourth-order valence-electron chi connectivity index (χ4n) is 1.23. The standard InChI is InChI=1S/C11H18N2O4S2/c1-9(8-14)7-12-10(15)4-5-13-19(16,17)11-3-2-6-18-11/h2-3,6,9,13-14H,4-5,7-8H2,1H3,(H,12,15). The Bertz CT molecular complexity index is 485. The molecular weight excluding hydrogens is 288 g/mol. The Morgan fingerprint density at radius 2 is 2.26 bits per heavy atom. The van der Waals surface area contributed by atoms with Crippen molar-refractivity contribution in [2.75, 3.05) is 19.7 Å². The summed E-state index contributed by atoms with van der Waals surface area (Å²) in [5, 5.41) is 13.1. The monoisotopic (exact) mass is 306 g/mol. The van der Waals surface area contributed by atoms with E-state index in [9.17, 15) is 13.2 Å². The molecular formula is C11H18N2O4S2. The van der Waals surface area contributed by atoms with Crippen molar-refractivity contribution < 1.29 is 18.3 Å². The van der Waals surface area contributed by atoms with E-state index < -0.39 is 10.0 Å². The number of aliphatic hydroxyl groups is 1. The minimum atomic E-state index is -3.50. The van der Waals surface area contributed by atoms with E-state index >= 15 is 0 Å². The molecule has 1 rings (SSSR count). The van der Waals surface area contributed by atoms with E-state index in [2.05, 4.69) is 10.0 Å². The number of nitrogens with one attached hydrogen (secondary N) is 2. The van der Waals surface area contributed by atoms with E-state index in [1.807, 2.05) is 0 Å². The third-order valence-electron chi connectivity index (χ3n) is 2.36. The van der Waals surface area contributed by atoms with Crippen LogP contribution in [0.4, 0.5) is 0 Å². The summed E-state index contributed by atoms with van der Waals surface area (Å²) < 4.78 is 26.0. The summed E-state index contributed by atoms with van der Waals surface area (Å²) in [4.78, 5) is 11.4. The molecule has 19 heavy (non-hydrogen) atoms. The summed E-state index contributed by atoms with van der Waals surface area (Å²) in [6.45, 7) is 2.25. The van der Waals surface area contributed by atoms with Gasteiger partial charge in [-0.25, -0.2) is 13.1 Å². The molecule has 108 valence electrons. The van der Waals surface area contributed by atoms with Crippen LogP contribution < -0.4 is 10.0 Å². The van der Waals surface area contributed by atoms with Gasteiger partial charge in [0.1, 0.15) is 4.21 Å². The Hall–Kier alpha value is -0.960. The van der Waals surface area contributed by atoms with Crippen LogP contribution in [0.25, 0.3) is 0 Å². The normalized spacial score (nSPS) is 13.2. The van der Waals surface area contributed by atoms with Gasteiger partial charge in [-0.1, -0.05) is 13.0 Å². The van der Waals surface area contributed by atoms with Crippen LogP contribution in [0.2, 0.25) is 0 Å². The zero-order chi connectivity index (χ0) is 14.3. The third-order valence-corrected chi connectivity index (χ3v) is 5.22. The van der Waals surface area contributed by atoms with Gasteiger partial charge in [-0.3, -0.25) is 4.79 Å². The zero-order valence-electron chi connectivity index (χ0n) is 10.6. The van der Waals surface area contributed by atoms with Gasteiger partial charge >= 0.3 is 0 Å². The first kappa shape index (κ1) is 16.1. The Labute approximate surface area is 116 Å². The molecule has 0 aliphatic heterocycles. The molecule has 0 aromatic carbocycles. The average molecular weight is 306 g/mol. The smallest absolute Gasteiger partial charge is 0.250 e. The van der Waals surface area contributed by atoms with Crippen LogP contribution in [0.1, 0.15) is 13.3 Å². The molecule has 1 heterocycles. The molecule has 0 spiro atoms. The number of hydrogen-bond acceptors (Lipinski definition) is 5. The largest absolute Gasteiger partial charge is 0.396 e. The quantitative estimate of drug-likeness (QED) is 0.637. The maximum Gasteiger partial charge on any atom is 0.250 e. The highest BCUT2D eigenvalue weighted by Gasteiger charge is 2.14. The van der Waals surface area contributed by atoms with Crippen LogP contribution in [-0.4, -0.2) is 39.1 Å². The number of rotatable bonds is 8. The highest BCUT2D eigenvalue weighted by molar-refractivity contribution is 7.91.